The number of nitrogens with one attached hydrogen (secondary N) is 1. The number of hydrogen-bond acceptors (Lipinski definition) is 8. The van der Waals surface area contributed by atoms with E-state index in [0.29, 0.717) is 38.2 Å². The molecular weight excluding hydrogens is 583 g/mol. The van der Waals surface area contributed by atoms with E-state index in [1.54, 1.807) is 24.3 Å². The van der Waals surface area contributed by atoms with Crippen LogP contribution in [0.1, 0.15) is 5.56 Å². The summed E-state index contributed by atoms with van der Waals surface area (Å²) in [5, 5.41) is 13.6. The first-order chi connectivity index (χ1) is 19.9. The molecule has 4 aromatic carbocycles. The molecule has 5 rings (SSSR count). The average molecular weight is 606 g/mol. The largest absolute Gasteiger partial charge is 0.462 e. The molecule has 0 aliphatic rings. The second-order valence-electron chi connectivity index (χ2n) is 8.66. The minimum atomic E-state index is -0.968. The van der Waals surface area contributed by atoms with E-state index in [4.69, 9.17) is 27.9 Å². The molecule has 1 heterocycles. The zero-order chi connectivity index (χ0) is 28.8. The molecule has 0 unspecified atom stereocenters. The van der Waals surface area contributed by atoms with Crippen molar-refractivity contribution in [3.8, 4) is 22.1 Å². The number of para-hydroxylation sites is 1. The summed E-state index contributed by atoms with van der Waals surface area (Å²) in [6.45, 7) is 0.412. The number of esters is 1. The molecule has 0 fully saturated rings. The normalized spacial score (nSPS) is 10.6. The van der Waals surface area contributed by atoms with E-state index in [2.05, 4.69) is 20.3 Å². The van der Waals surface area contributed by atoms with Gasteiger partial charge >= 0.3 is 11.9 Å². The zero-order valence-corrected chi connectivity index (χ0v) is 23.9. The molecule has 1 N–H and O–H groups in total. The summed E-state index contributed by atoms with van der Waals surface area (Å²) in [4.78, 5) is 25.2. The zero-order valence-electron chi connectivity index (χ0n) is 21.6. The van der Waals surface area contributed by atoms with Crippen LogP contribution in [-0.4, -0.2) is 29.2 Å². The van der Waals surface area contributed by atoms with E-state index in [9.17, 15) is 9.59 Å². The summed E-state index contributed by atoms with van der Waals surface area (Å²) in [5.41, 5.74) is 3.00. The van der Waals surface area contributed by atoms with Crippen LogP contribution >= 0.6 is 34.5 Å². The number of benzene rings is 4. The van der Waals surface area contributed by atoms with Gasteiger partial charge in [-0.1, -0.05) is 77.0 Å². The van der Waals surface area contributed by atoms with Gasteiger partial charge in [0.05, 0.1) is 23.7 Å². The van der Waals surface area contributed by atoms with Crippen molar-refractivity contribution in [3.63, 3.8) is 0 Å². The van der Waals surface area contributed by atoms with Gasteiger partial charge in [-0.15, -0.1) is 10.2 Å². The Morgan fingerprint density at radius 3 is 2.34 bits per heavy atom. The average Bonchev–Trinajstić information content (AvgIpc) is 3.48. The third-order valence-corrected chi connectivity index (χ3v) is 7.58. The summed E-state index contributed by atoms with van der Waals surface area (Å²) < 4.78 is 10.4. The second kappa shape index (κ2) is 12.8. The molecular formula is C30H22Cl2N4O4S. The fourth-order valence-electron chi connectivity index (χ4n) is 3.83. The Hall–Kier alpha value is -4.44. The first-order valence-electron chi connectivity index (χ1n) is 12.3. The Morgan fingerprint density at radius 2 is 1.61 bits per heavy atom. The third kappa shape index (κ3) is 7.01. The Bertz CT molecular complexity index is 1680. The van der Waals surface area contributed by atoms with Crippen molar-refractivity contribution < 1.29 is 19.1 Å². The summed E-state index contributed by atoms with van der Waals surface area (Å²) in [6.07, 6.45) is 0. The van der Waals surface area contributed by atoms with Crippen molar-refractivity contribution in [1.29, 1.82) is 0 Å². The molecule has 0 aliphatic carbocycles. The number of aromatic nitrogens is 2. The molecule has 0 aliphatic heterocycles. The standard InChI is InChI=1S/C30H22Cl2N4O4S/c1-39-29(38)27(37)33-21-12-10-19(11-13-21)18-36(22-14-15-25(31)26(32)17-22)30-35-34-28(41-30)20-6-5-9-24(16-20)40-23-7-3-2-4-8-23/h2-17H,18H2,1H3,(H,33,37). The summed E-state index contributed by atoms with van der Waals surface area (Å²) >= 11 is 14.0. The first-order valence-corrected chi connectivity index (χ1v) is 13.8. The van der Waals surface area contributed by atoms with Crippen LogP contribution in [0, 0.1) is 0 Å². The number of ether oxygens (including phenoxy) is 2. The molecule has 1 aromatic heterocycles. The highest BCUT2D eigenvalue weighted by molar-refractivity contribution is 7.18. The van der Waals surface area contributed by atoms with Gasteiger partial charge in [0.25, 0.3) is 0 Å². The van der Waals surface area contributed by atoms with Crippen LogP contribution in [0.4, 0.5) is 16.5 Å². The van der Waals surface area contributed by atoms with Crippen molar-refractivity contribution in [2.24, 2.45) is 0 Å². The summed E-state index contributed by atoms with van der Waals surface area (Å²) in [5.74, 6) is -0.392. The smallest absolute Gasteiger partial charge is 0.396 e. The molecule has 0 saturated heterocycles. The third-order valence-electron chi connectivity index (χ3n) is 5.84. The topological polar surface area (TPSA) is 93.7 Å². The fourth-order valence-corrected chi connectivity index (χ4v) is 4.99. The molecule has 206 valence electrons. The van der Waals surface area contributed by atoms with Gasteiger partial charge in [-0.2, -0.15) is 0 Å². The highest BCUT2D eigenvalue weighted by Gasteiger charge is 2.19. The minimum Gasteiger partial charge on any atom is -0.462 e. The highest BCUT2D eigenvalue weighted by Crippen LogP contribution is 2.37. The van der Waals surface area contributed by atoms with Gasteiger partial charge in [-0.05, 0) is 60.2 Å². The molecule has 5 aromatic rings. The molecule has 0 saturated carbocycles. The molecule has 1 amide bonds. The van der Waals surface area contributed by atoms with Gasteiger partial charge in [0.1, 0.15) is 16.5 Å². The van der Waals surface area contributed by atoms with Crippen molar-refractivity contribution in [2.45, 2.75) is 6.54 Å². The Labute approximate surface area is 250 Å². The first kappa shape index (κ1) is 28.1. The van der Waals surface area contributed by atoms with Gasteiger partial charge in [-0.25, -0.2) is 4.79 Å². The number of carbonyl (C=O) groups is 2. The maximum Gasteiger partial charge on any atom is 0.396 e. The lowest BCUT2D eigenvalue weighted by molar-refractivity contribution is -0.150. The van der Waals surface area contributed by atoms with Gasteiger partial charge in [0.15, 0.2) is 0 Å². The number of rotatable bonds is 8. The minimum absolute atomic E-state index is 0.408. The molecule has 11 heteroatoms. The van der Waals surface area contributed by atoms with Crippen molar-refractivity contribution in [1.82, 2.24) is 10.2 Å². The number of amides is 1. The second-order valence-corrected chi connectivity index (χ2v) is 10.4. The van der Waals surface area contributed by atoms with E-state index in [1.807, 2.05) is 77.7 Å². The van der Waals surface area contributed by atoms with Gasteiger partial charge in [0, 0.05) is 16.9 Å². The van der Waals surface area contributed by atoms with E-state index < -0.39 is 11.9 Å². The Morgan fingerprint density at radius 1 is 0.854 bits per heavy atom. The van der Waals surface area contributed by atoms with Crippen LogP contribution in [0.5, 0.6) is 11.5 Å². The molecule has 41 heavy (non-hydrogen) atoms. The van der Waals surface area contributed by atoms with E-state index in [0.717, 1.165) is 29.7 Å². The lowest BCUT2D eigenvalue weighted by Crippen LogP contribution is -2.23. The lowest BCUT2D eigenvalue weighted by atomic mass is 10.2. The van der Waals surface area contributed by atoms with Crippen LogP contribution in [0.3, 0.4) is 0 Å². The fraction of sp³-hybridized carbons (Fsp3) is 0.0667. The Kier molecular flexibility index (Phi) is 8.79. The predicted octanol–water partition coefficient (Wildman–Crippen LogP) is 7.75. The molecule has 0 spiro atoms. The molecule has 0 radical (unpaired) electrons. The monoisotopic (exact) mass is 604 g/mol. The van der Waals surface area contributed by atoms with Crippen molar-refractivity contribution >= 4 is 62.9 Å². The number of methoxy groups -OCH3 is 1. The number of nitrogens with zero attached hydrogens (tertiary/aromatic N) is 3. The molecule has 0 bridgehead atoms. The van der Waals surface area contributed by atoms with Crippen molar-refractivity contribution in [3.05, 3.63) is 113 Å². The number of hydrogen-bond donors (Lipinski definition) is 1. The maximum absolute atomic E-state index is 11.8. The predicted molar refractivity (Wildman–Crippen MR) is 161 cm³/mol. The Balaban J connectivity index is 1.41. The van der Waals surface area contributed by atoms with E-state index >= 15 is 0 Å². The molecule has 0 atom stereocenters. The van der Waals surface area contributed by atoms with Crippen LogP contribution in [0.2, 0.25) is 10.0 Å². The van der Waals surface area contributed by atoms with E-state index in [1.165, 1.54) is 11.3 Å². The van der Waals surface area contributed by atoms with Crippen molar-refractivity contribution in [2.75, 3.05) is 17.3 Å². The number of carbonyl (C=O) groups excluding carboxylic acids is 2. The summed E-state index contributed by atoms with van der Waals surface area (Å²) in [7, 11) is 1.15. The van der Waals surface area contributed by atoms with E-state index in [-0.39, 0.29) is 0 Å². The van der Waals surface area contributed by atoms with Gasteiger partial charge in [-0.3, -0.25) is 4.79 Å². The number of halogens is 2. The lowest BCUT2D eigenvalue weighted by Gasteiger charge is -2.22. The van der Waals surface area contributed by atoms with Gasteiger partial charge in [0.2, 0.25) is 5.13 Å². The molecule has 8 nitrogen and oxygen atoms in total. The highest BCUT2D eigenvalue weighted by atomic mass is 35.5. The summed E-state index contributed by atoms with van der Waals surface area (Å²) in [6, 6.07) is 29.6. The van der Waals surface area contributed by atoms with Crippen LogP contribution in [0.25, 0.3) is 10.6 Å². The van der Waals surface area contributed by atoms with Crippen LogP contribution in [0.15, 0.2) is 97.1 Å². The maximum atomic E-state index is 11.8. The van der Waals surface area contributed by atoms with Crippen LogP contribution < -0.4 is 15.0 Å². The van der Waals surface area contributed by atoms with Gasteiger partial charge < -0.3 is 19.7 Å². The SMILES string of the molecule is COC(=O)C(=O)Nc1ccc(CN(c2ccc(Cl)c(Cl)c2)c2nnc(-c3cccc(Oc4ccccc4)c3)s2)cc1. The van der Waals surface area contributed by atoms with Crippen LogP contribution in [-0.2, 0) is 20.9 Å². The quantitative estimate of drug-likeness (QED) is 0.143. The number of anilines is 3.